The van der Waals surface area contributed by atoms with Crippen molar-refractivity contribution in [3.8, 4) is 22.6 Å². The zero-order valence-corrected chi connectivity index (χ0v) is 21.8. The summed E-state index contributed by atoms with van der Waals surface area (Å²) in [5.41, 5.74) is 6.40. The van der Waals surface area contributed by atoms with Crippen molar-refractivity contribution in [2.75, 3.05) is 23.3 Å². The Morgan fingerprint density at radius 1 is 0.950 bits per heavy atom. The number of fused-ring (bicyclic) bond motifs is 2. The highest BCUT2D eigenvalue weighted by atomic mass is 16.1. The fourth-order valence-electron chi connectivity index (χ4n) is 5.27. The van der Waals surface area contributed by atoms with Gasteiger partial charge in [0.15, 0.2) is 17.3 Å². The van der Waals surface area contributed by atoms with E-state index >= 15 is 0 Å². The van der Waals surface area contributed by atoms with Crippen molar-refractivity contribution in [2.45, 2.75) is 25.7 Å². The lowest BCUT2D eigenvalue weighted by Crippen LogP contribution is -2.30. The van der Waals surface area contributed by atoms with Gasteiger partial charge >= 0.3 is 0 Å². The molecule has 10 nitrogen and oxygen atoms in total. The molecular weight excluding hydrogens is 502 g/mol. The lowest BCUT2D eigenvalue weighted by atomic mass is 10.1. The van der Waals surface area contributed by atoms with Crippen LogP contribution in [0.2, 0.25) is 0 Å². The Bertz CT molecular complexity index is 1820. The quantitative estimate of drug-likeness (QED) is 0.273. The Balaban J connectivity index is 1.19. The number of imidazole rings is 1. The summed E-state index contributed by atoms with van der Waals surface area (Å²) in [6, 6.07) is 15.5. The Hall–Kier alpha value is -5.12. The molecule has 7 rings (SSSR count). The molecule has 0 atom stereocenters. The lowest BCUT2D eigenvalue weighted by molar-refractivity contribution is -0.115. The number of hydrogen-bond acceptors (Lipinski definition) is 7. The summed E-state index contributed by atoms with van der Waals surface area (Å²) >= 11 is 0. The van der Waals surface area contributed by atoms with E-state index < -0.39 is 0 Å². The third-order valence-corrected chi connectivity index (χ3v) is 7.25. The molecule has 1 fully saturated rings. The fourth-order valence-corrected chi connectivity index (χ4v) is 5.27. The van der Waals surface area contributed by atoms with E-state index in [1.54, 1.807) is 18.6 Å². The van der Waals surface area contributed by atoms with Gasteiger partial charge in [0.25, 0.3) is 0 Å². The maximum atomic E-state index is 12.6. The number of H-pyrrole nitrogens is 2. The van der Waals surface area contributed by atoms with Gasteiger partial charge in [-0.05, 0) is 43.0 Å². The van der Waals surface area contributed by atoms with Crippen molar-refractivity contribution in [1.29, 1.82) is 0 Å². The van der Waals surface area contributed by atoms with E-state index in [1.807, 2.05) is 54.7 Å². The second kappa shape index (κ2) is 10.2. The van der Waals surface area contributed by atoms with Gasteiger partial charge in [0.2, 0.25) is 5.91 Å². The van der Waals surface area contributed by atoms with E-state index in [4.69, 9.17) is 4.98 Å². The van der Waals surface area contributed by atoms with Crippen LogP contribution in [0, 0.1) is 0 Å². The number of carbonyl (C=O) groups is 1. The molecule has 1 saturated heterocycles. The molecule has 0 unspecified atom stereocenters. The van der Waals surface area contributed by atoms with Gasteiger partial charge < -0.3 is 15.2 Å². The van der Waals surface area contributed by atoms with Gasteiger partial charge in [-0.15, -0.1) is 0 Å². The molecule has 1 aromatic carbocycles. The summed E-state index contributed by atoms with van der Waals surface area (Å²) in [5, 5.41) is 11.3. The SMILES string of the molecule is O=C(Cc1ccccc1)Nc1cncc(-c2cnc3n[nH]c(-c4nc5c(N6CCCCC6)nccc5[nH]4)c3c2)c1. The number of nitrogens with one attached hydrogen (secondary N) is 3. The van der Waals surface area contributed by atoms with Gasteiger partial charge in [0.1, 0.15) is 11.2 Å². The summed E-state index contributed by atoms with van der Waals surface area (Å²) in [4.78, 5) is 36.9. The normalized spacial score (nSPS) is 13.7. The molecule has 1 amide bonds. The molecule has 0 bridgehead atoms. The predicted molar refractivity (Wildman–Crippen MR) is 155 cm³/mol. The summed E-state index contributed by atoms with van der Waals surface area (Å²) in [6.07, 6.45) is 10.9. The van der Waals surface area contributed by atoms with Crippen LogP contribution in [-0.2, 0) is 11.2 Å². The van der Waals surface area contributed by atoms with Crippen molar-refractivity contribution in [3.05, 3.63) is 78.9 Å². The average Bonchev–Trinajstić information content (AvgIpc) is 3.62. The number of aromatic nitrogens is 7. The minimum Gasteiger partial charge on any atom is -0.355 e. The highest BCUT2D eigenvalue weighted by Gasteiger charge is 2.20. The van der Waals surface area contributed by atoms with E-state index in [1.165, 1.54) is 19.3 Å². The summed E-state index contributed by atoms with van der Waals surface area (Å²) in [6.45, 7) is 1.99. The molecule has 3 N–H and O–H groups in total. The number of pyridine rings is 3. The molecule has 5 aromatic heterocycles. The van der Waals surface area contributed by atoms with Gasteiger partial charge in [0, 0.05) is 42.8 Å². The van der Waals surface area contributed by atoms with E-state index in [9.17, 15) is 4.79 Å². The van der Waals surface area contributed by atoms with Crippen LogP contribution in [0.1, 0.15) is 24.8 Å². The molecular formula is C30H27N9O. The molecule has 0 spiro atoms. The first-order valence-corrected chi connectivity index (χ1v) is 13.4. The van der Waals surface area contributed by atoms with Crippen molar-refractivity contribution in [3.63, 3.8) is 0 Å². The van der Waals surface area contributed by atoms with Gasteiger partial charge in [-0.25, -0.2) is 15.0 Å². The molecule has 6 heterocycles. The minimum absolute atomic E-state index is 0.0980. The van der Waals surface area contributed by atoms with Crippen LogP contribution in [0.5, 0.6) is 0 Å². The third kappa shape index (κ3) is 4.64. The topological polar surface area (TPSA) is 128 Å². The first kappa shape index (κ1) is 24.0. The lowest BCUT2D eigenvalue weighted by Gasteiger charge is -2.27. The Morgan fingerprint density at radius 3 is 2.67 bits per heavy atom. The molecule has 6 aromatic rings. The first-order chi connectivity index (χ1) is 19.7. The van der Waals surface area contributed by atoms with Crippen LogP contribution in [0.15, 0.2) is 73.3 Å². The maximum absolute atomic E-state index is 12.6. The van der Waals surface area contributed by atoms with E-state index in [0.29, 0.717) is 23.6 Å². The van der Waals surface area contributed by atoms with E-state index in [-0.39, 0.29) is 5.91 Å². The number of piperidine rings is 1. The van der Waals surface area contributed by atoms with Crippen LogP contribution in [0.3, 0.4) is 0 Å². The summed E-state index contributed by atoms with van der Waals surface area (Å²) in [7, 11) is 0. The van der Waals surface area contributed by atoms with Gasteiger partial charge in [-0.3, -0.25) is 14.9 Å². The van der Waals surface area contributed by atoms with Gasteiger partial charge in [-0.1, -0.05) is 30.3 Å². The number of carbonyl (C=O) groups excluding carboxylic acids is 1. The summed E-state index contributed by atoms with van der Waals surface area (Å²) < 4.78 is 0. The number of anilines is 2. The van der Waals surface area contributed by atoms with Crippen LogP contribution in [0.4, 0.5) is 11.5 Å². The highest BCUT2D eigenvalue weighted by molar-refractivity contribution is 5.96. The molecule has 1 aliphatic heterocycles. The van der Waals surface area contributed by atoms with Crippen LogP contribution in [0.25, 0.3) is 44.7 Å². The second-order valence-corrected chi connectivity index (χ2v) is 10.0. The van der Waals surface area contributed by atoms with Crippen LogP contribution < -0.4 is 10.2 Å². The zero-order valence-electron chi connectivity index (χ0n) is 21.8. The number of amides is 1. The number of aromatic amines is 2. The zero-order chi connectivity index (χ0) is 26.9. The Morgan fingerprint density at radius 2 is 1.80 bits per heavy atom. The maximum Gasteiger partial charge on any atom is 0.228 e. The smallest absolute Gasteiger partial charge is 0.228 e. The predicted octanol–water partition coefficient (Wildman–Crippen LogP) is 5.13. The largest absolute Gasteiger partial charge is 0.355 e. The van der Waals surface area contributed by atoms with E-state index in [2.05, 4.69) is 40.3 Å². The Labute approximate surface area is 229 Å². The number of hydrogen-bond donors (Lipinski definition) is 3. The molecule has 40 heavy (non-hydrogen) atoms. The van der Waals surface area contributed by atoms with E-state index in [0.717, 1.165) is 57.7 Å². The molecule has 0 saturated carbocycles. The number of nitrogens with zero attached hydrogens (tertiary/aromatic N) is 6. The third-order valence-electron chi connectivity index (χ3n) is 7.25. The van der Waals surface area contributed by atoms with Crippen LogP contribution in [-0.4, -0.2) is 54.1 Å². The van der Waals surface area contributed by atoms with Crippen molar-refractivity contribution in [2.24, 2.45) is 0 Å². The van der Waals surface area contributed by atoms with Crippen molar-refractivity contribution < 1.29 is 4.79 Å². The first-order valence-electron chi connectivity index (χ1n) is 13.4. The number of benzene rings is 1. The molecule has 0 radical (unpaired) electrons. The molecule has 198 valence electrons. The van der Waals surface area contributed by atoms with Crippen molar-refractivity contribution >= 4 is 39.5 Å². The fraction of sp³-hybridized carbons (Fsp3) is 0.200. The molecule has 10 heteroatoms. The molecule has 0 aliphatic carbocycles. The average molecular weight is 530 g/mol. The number of rotatable bonds is 6. The monoisotopic (exact) mass is 529 g/mol. The summed E-state index contributed by atoms with van der Waals surface area (Å²) in [5.74, 6) is 1.50. The minimum atomic E-state index is -0.0980. The highest BCUT2D eigenvalue weighted by Crippen LogP contribution is 2.32. The Kier molecular flexibility index (Phi) is 6.12. The van der Waals surface area contributed by atoms with Gasteiger partial charge in [-0.2, -0.15) is 5.10 Å². The van der Waals surface area contributed by atoms with Gasteiger partial charge in [0.05, 0.1) is 29.2 Å². The second-order valence-electron chi connectivity index (χ2n) is 10.0. The van der Waals surface area contributed by atoms with Crippen molar-refractivity contribution in [1.82, 2.24) is 35.1 Å². The molecule has 1 aliphatic rings. The van der Waals surface area contributed by atoms with Crippen LogP contribution >= 0.6 is 0 Å². The standard InChI is InChI=1S/C30H27N9O/c40-25(13-19-7-3-1-4-8-19)34-22-14-20(16-31-18-22)21-15-23-26(37-38-28(23)33-17-21)29-35-24-9-10-32-30(27(24)36-29)39-11-5-2-6-12-39/h1,3-4,7-10,14-18H,2,5-6,11-13H2,(H,34,40)(H,35,36)(H,33,37,38).